The molecule has 1 aliphatic heterocycles. The van der Waals surface area contributed by atoms with Crippen LogP contribution in [0.4, 0.5) is 30.2 Å². The molecule has 0 radical (unpaired) electrons. The normalized spacial score (nSPS) is 14.0. The van der Waals surface area contributed by atoms with E-state index >= 15 is 0 Å². The molecule has 36 heavy (non-hydrogen) atoms. The summed E-state index contributed by atoms with van der Waals surface area (Å²) in [6, 6.07) is 13.7. The number of methoxy groups -OCH3 is 1. The monoisotopic (exact) mass is 499 g/mol. The number of alkyl halides is 3. The Morgan fingerprint density at radius 3 is 2.56 bits per heavy atom. The number of benzene rings is 2. The van der Waals surface area contributed by atoms with E-state index in [1.807, 2.05) is 18.2 Å². The highest BCUT2D eigenvalue weighted by Crippen LogP contribution is 2.37. The van der Waals surface area contributed by atoms with Gasteiger partial charge < -0.3 is 19.7 Å². The van der Waals surface area contributed by atoms with E-state index in [1.54, 1.807) is 38.3 Å². The third kappa shape index (κ3) is 5.79. The van der Waals surface area contributed by atoms with Gasteiger partial charge in [0.05, 0.1) is 31.6 Å². The van der Waals surface area contributed by atoms with E-state index in [-0.39, 0.29) is 24.3 Å². The Balaban J connectivity index is 1.66. The highest BCUT2D eigenvalue weighted by atomic mass is 19.4. The molecule has 6 nitrogen and oxygen atoms in total. The number of rotatable bonds is 8. The van der Waals surface area contributed by atoms with Gasteiger partial charge in [0.15, 0.2) is 5.78 Å². The molecule has 3 aromatic rings. The molecule has 4 rings (SSSR count). The van der Waals surface area contributed by atoms with Crippen LogP contribution in [-0.4, -0.2) is 44.2 Å². The number of morpholine rings is 1. The molecule has 0 aliphatic carbocycles. The number of hydrogen-bond donors (Lipinski definition) is 1. The lowest BCUT2D eigenvalue weighted by Gasteiger charge is -2.29. The molecule has 1 aromatic heterocycles. The van der Waals surface area contributed by atoms with E-state index in [1.165, 1.54) is 6.07 Å². The standard InChI is InChI=1S/C27H28F3N3O3/c1-3-25(34)21-6-4-5-7-23(21)32-24-15-19(31-17-22(24)27(28,29)30)14-18-8-9-20(16-26(18)35-2)33-10-12-36-13-11-33/h4-9,15-17H,3,10-14H2,1-2H3,(H,31,32). The van der Waals surface area contributed by atoms with Crippen molar-refractivity contribution in [2.75, 3.05) is 43.6 Å². The van der Waals surface area contributed by atoms with Crippen molar-refractivity contribution in [1.29, 1.82) is 0 Å². The Morgan fingerprint density at radius 1 is 1.11 bits per heavy atom. The first-order chi connectivity index (χ1) is 17.3. The zero-order valence-corrected chi connectivity index (χ0v) is 20.2. The summed E-state index contributed by atoms with van der Waals surface area (Å²) in [5.74, 6) is 0.472. The van der Waals surface area contributed by atoms with Crippen LogP contribution in [0.15, 0.2) is 54.7 Å². The lowest BCUT2D eigenvalue weighted by Crippen LogP contribution is -2.36. The summed E-state index contributed by atoms with van der Waals surface area (Å²) in [7, 11) is 1.57. The van der Waals surface area contributed by atoms with Crippen molar-refractivity contribution in [1.82, 2.24) is 4.98 Å². The fourth-order valence-electron chi connectivity index (χ4n) is 4.19. The maximum atomic E-state index is 13.8. The molecule has 2 aromatic carbocycles. The highest BCUT2D eigenvalue weighted by Gasteiger charge is 2.34. The number of carbonyl (C=O) groups excluding carboxylic acids is 1. The van der Waals surface area contributed by atoms with Crippen LogP contribution >= 0.6 is 0 Å². The van der Waals surface area contributed by atoms with Gasteiger partial charge in [0.2, 0.25) is 0 Å². The summed E-state index contributed by atoms with van der Waals surface area (Å²) in [5, 5.41) is 2.84. The van der Waals surface area contributed by atoms with Crippen molar-refractivity contribution >= 4 is 22.8 Å². The zero-order chi connectivity index (χ0) is 25.7. The van der Waals surface area contributed by atoms with E-state index in [2.05, 4.69) is 15.2 Å². The lowest BCUT2D eigenvalue weighted by atomic mass is 10.0. The second-order valence-electron chi connectivity index (χ2n) is 8.44. The molecule has 1 fully saturated rings. The third-order valence-electron chi connectivity index (χ3n) is 6.10. The van der Waals surface area contributed by atoms with Gasteiger partial charge >= 0.3 is 6.18 Å². The molecule has 0 spiro atoms. The summed E-state index contributed by atoms with van der Waals surface area (Å²) >= 11 is 0. The molecular formula is C27H28F3N3O3. The third-order valence-corrected chi connectivity index (χ3v) is 6.10. The van der Waals surface area contributed by atoms with Crippen LogP contribution in [0.1, 0.15) is 40.5 Å². The first kappa shape index (κ1) is 25.5. The molecule has 2 heterocycles. The van der Waals surface area contributed by atoms with Gasteiger partial charge in [0, 0.05) is 66.4 Å². The number of aromatic nitrogens is 1. The topological polar surface area (TPSA) is 63.7 Å². The van der Waals surface area contributed by atoms with Gasteiger partial charge in [-0.15, -0.1) is 0 Å². The Kier molecular flexibility index (Phi) is 7.79. The highest BCUT2D eigenvalue weighted by molar-refractivity contribution is 6.01. The quantitative estimate of drug-likeness (QED) is 0.391. The molecule has 0 atom stereocenters. The number of pyridine rings is 1. The van der Waals surface area contributed by atoms with Crippen LogP contribution in [0.2, 0.25) is 0 Å². The Morgan fingerprint density at radius 2 is 1.86 bits per heavy atom. The Labute approximate surface area is 208 Å². The Bertz CT molecular complexity index is 1220. The van der Waals surface area contributed by atoms with Gasteiger partial charge in [0.25, 0.3) is 0 Å². The van der Waals surface area contributed by atoms with Crippen LogP contribution in [0.5, 0.6) is 5.75 Å². The minimum Gasteiger partial charge on any atom is -0.496 e. The van der Waals surface area contributed by atoms with Crippen LogP contribution in [0.25, 0.3) is 0 Å². The number of ether oxygens (including phenoxy) is 2. The summed E-state index contributed by atoms with van der Waals surface area (Å²) < 4.78 is 52.4. The largest absolute Gasteiger partial charge is 0.496 e. The zero-order valence-electron chi connectivity index (χ0n) is 20.2. The molecule has 1 N–H and O–H groups in total. The minimum atomic E-state index is -4.62. The van der Waals surface area contributed by atoms with Crippen LogP contribution < -0.4 is 15.0 Å². The van der Waals surface area contributed by atoms with E-state index in [0.717, 1.165) is 30.5 Å². The number of ketones is 1. The van der Waals surface area contributed by atoms with Gasteiger partial charge in [-0.1, -0.05) is 25.1 Å². The average molecular weight is 500 g/mol. The van der Waals surface area contributed by atoms with E-state index in [0.29, 0.717) is 35.9 Å². The fraction of sp³-hybridized carbons (Fsp3) is 0.333. The first-order valence-electron chi connectivity index (χ1n) is 11.7. The maximum absolute atomic E-state index is 13.8. The number of hydrogen-bond acceptors (Lipinski definition) is 6. The van der Waals surface area contributed by atoms with Crippen molar-refractivity contribution in [2.24, 2.45) is 0 Å². The van der Waals surface area contributed by atoms with Crippen LogP contribution in [0.3, 0.4) is 0 Å². The van der Waals surface area contributed by atoms with Gasteiger partial charge in [0.1, 0.15) is 5.75 Å². The number of Topliss-reactive ketones (excluding diaryl/α,β-unsaturated/α-hetero) is 1. The van der Waals surface area contributed by atoms with Gasteiger partial charge in [-0.05, 0) is 24.3 Å². The SMILES string of the molecule is CCC(=O)c1ccccc1Nc1cc(Cc2ccc(N3CCOCC3)cc2OC)ncc1C(F)(F)F. The summed E-state index contributed by atoms with van der Waals surface area (Å²) in [6.45, 7) is 4.58. The second-order valence-corrected chi connectivity index (χ2v) is 8.44. The maximum Gasteiger partial charge on any atom is 0.419 e. The van der Waals surface area contributed by atoms with E-state index in [4.69, 9.17) is 9.47 Å². The Hall–Kier alpha value is -3.59. The predicted octanol–water partition coefficient (Wildman–Crippen LogP) is 5.87. The molecule has 0 bridgehead atoms. The number of para-hydroxylation sites is 1. The van der Waals surface area contributed by atoms with Crippen LogP contribution in [0, 0.1) is 0 Å². The molecule has 0 unspecified atom stereocenters. The molecule has 190 valence electrons. The van der Waals surface area contributed by atoms with Gasteiger partial charge in [-0.25, -0.2) is 0 Å². The summed E-state index contributed by atoms with van der Waals surface area (Å²) in [6.07, 6.45) is -3.27. The molecule has 0 amide bonds. The fourth-order valence-corrected chi connectivity index (χ4v) is 4.19. The second kappa shape index (κ2) is 11.0. The number of nitrogens with one attached hydrogen (secondary N) is 1. The van der Waals surface area contributed by atoms with Crippen molar-refractivity contribution in [2.45, 2.75) is 25.9 Å². The molecule has 1 saturated heterocycles. The number of nitrogens with zero attached hydrogens (tertiary/aromatic N) is 2. The van der Waals surface area contributed by atoms with Gasteiger partial charge in [-0.2, -0.15) is 13.2 Å². The smallest absolute Gasteiger partial charge is 0.419 e. The molecule has 9 heteroatoms. The summed E-state index contributed by atoms with van der Waals surface area (Å²) in [5.41, 5.74) is 1.83. The number of carbonyl (C=O) groups is 1. The molecule has 1 aliphatic rings. The van der Waals surface area contributed by atoms with Crippen molar-refractivity contribution < 1.29 is 27.4 Å². The number of anilines is 3. The van der Waals surface area contributed by atoms with Crippen molar-refractivity contribution in [3.05, 3.63) is 77.1 Å². The summed E-state index contributed by atoms with van der Waals surface area (Å²) in [4.78, 5) is 18.6. The molecular weight excluding hydrogens is 471 g/mol. The number of halogens is 3. The van der Waals surface area contributed by atoms with Crippen molar-refractivity contribution in [3.8, 4) is 5.75 Å². The molecule has 0 saturated carbocycles. The van der Waals surface area contributed by atoms with Crippen molar-refractivity contribution in [3.63, 3.8) is 0 Å². The minimum absolute atomic E-state index is 0.159. The van der Waals surface area contributed by atoms with Crippen LogP contribution in [-0.2, 0) is 17.3 Å². The van der Waals surface area contributed by atoms with Gasteiger partial charge in [-0.3, -0.25) is 9.78 Å². The lowest BCUT2D eigenvalue weighted by molar-refractivity contribution is -0.137. The van der Waals surface area contributed by atoms with E-state index < -0.39 is 11.7 Å². The predicted molar refractivity (Wildman–Crippen MR) is 132 cm³/mol. The average Bonchev–Trinajstić information content (AvgIpc) is 2.88. The van der Waals surface area contributed by atoms with E-state index in [9.17, 15) is 18.0 Å². The first-order valence-corrected chi connectivity index (χ1v) is 11.7.